The van der Waals surface area contributed by atoms with Crippen LogP contribution in [0.5, 0.6) is 0 Å². The molecule has 0 aliphatic carbocycles. The van der Waals surface area contributed by atoms with Gasteiger partial charge in [-0.25, -0.2) is 0 Å². The third-order valence-electron chi connectivity index (χ3n) is 0.500. The molecule has 0 saturated carbocycles. The molecule has 0 saturated heterocycles. The van der Waals surface area contributed by atoms with Crippen molar-refractivity contribution < 1.29 is 49.2 Å². The molecule has 0 amide bonds. The standard InChI is InChI=1S/3C2H5NO2.Ru/c3*3-1-2(4)5;/h3*1,3H2,(H,4,5);/q;;;+3/p-3. The summed E-state index contributed by atoms with van der Waals surface area (Å²) in [6.45, 7) is -1.17. The molecule has 9 nitrogen and oxygen atoms in total. The largest absolute Gasteiger partial charge is 3.00 e. The number of carboxylic acid groups (broad SMARTS) is 3. The quantitative estimate of drug-likeness (QED) is 0.422. The van der Waals surface area contributed by atoms with Crippen molar-refractivity contribution in [1.82, 2.24) is 0 Å². The average molecular weight is 323 g/mol. The smallest absolute Gasteiger partial charge is 0.549 e. The fourth-order valence-electron chi connectivity index (χ4n) is 0. The predicted octanol–water partition coefficient (Wildman–Crippen LogP) is -6.92. The summed E-state index contributed by atoms with van der Waals surface area (Å²) in [4.78, 5) is 27.4. The molecule has 0 aliphatic rings. The van der Waals surface area contributed by atoms with Gasteiger partial charge in [0.15, 0.2) is 0 Å². The Bertz CT molecular complexity index is 167. The summed E-state index contributed by atoms with van der Waals surface area (Å²) < 4.78 is 0. The van der Waals surface area contributed by atoms with Gasteiger partial charge in [-0.1, -0.05) is 0 Å². The molecule has 0 heterocycles. The van der Waals surface area contributed by atoms with Crippen LogP contribution in [0.1, 0.15) is 0 Å². The van der Waals surface area contributed by atoms with E-state index in [0.29, 0.717) is 0 Å². The van der Waals surface area contributed by atoms with Crippen molar-refractivity contribution in [2.45, 2.75) is 0 Å². The Kier molecular flexibility index (Phi) is 29.5. The van der Waals surface area contributed by atoms with E-state index >= 15 is 0 Å². The maximum absolute atomic E-state index is 9.13. The van der Waals surface area contributed by atoms with Crippen molar-refractivity contribution in [3.63, 3.8) is 0 Å². The minimum atomic E-state index is -1.22. The van der Waals surface area contributed by atoms with Crippen LogP contribution in [0.3, 0.4) is 0 Å². The second-order valence-corrected chi connectivity index (χ2v) is 1.73. The van der Waals surface area contributed by atoms with Crippen molar-refractivity contribution >= 4 is 17.9 Å². The van der Waals surface area contributed by atoms with E-state index in [9.17, 15) is 0 Å². The molecule has 0 spiro atoms. The Morgan fingerprint density at radius 1 is 0.688 bits per heavy atom. The summed E-state index contributed by atoms with van der Waals surface area (Å²) in [5.41, 5.74) is 13.5. The summed E-state index contributed by atoms with van der Waals surface area (Å²) in [6.07, 6.45) is 0. The maximum atomic E-state index is 9.13. The van der Waals surface area contributed by atoms with E-state index in [1.165, 1.54) is 0 Å². The van der Waals surface area contributed by atoms with Gasteiger partial charge in [-0.2, -0.15) is 0 Å². The molecular formula is C6H12N3O6Ru. The monoisotopic (exact) mass is 324 g/mol. The minimum Gasteiger partial charge on any atom is -0.549 e. The fraction of sp³-hybridized carbons (Fsp3) is 0.500. The zero-order valence-corrected chi connectivity index (χ0v) is 9.89. The first-order chi connectivity index (χ1) is 6.81. The molecule has 0 atom stereocenters. The van der Waals surface area contributed by atoms with Crippen LogP contribution in [-0.4, -0.2) is 37.5 Å². The van der Waals surface area contributed by atoms with Crippen molar-refractivity contribution in [2.75, 3.05) is 19.6 Å². The van der Waals surface area contributed by atoms with Crippen molar-refractivity contribution in [2.24, 2.45) is 17.2 Å². The molecule has 0 fully saturated rings. The van der Waals surface area contributed by atoms with E-state index in [2.05, 4.69) is 17.2 Å². The van der Waals surface area contributed by atoms with Gasteiger partial charge in [-0.15, -0.1) is 0 Å². The van der Waals surface area contributed by atoms with Gasteiger partial charge in [0.05, 0.1) is 17.9 Å². The van der Waals surface area contributed by atoms with Gasteiger partial charge in [0.2, 0.25) is 0 Å². The zero-order chi connectivity index (χ0) is 12.9. The molecule has 0 rings (SSSR count). The minimum absolute atomic E-state index is 0. The van der Waals surface area contributed by atoms with Crippen LogP contribution in [0.25, 0.3) is 0 Å². The summed E-state index contributed by atoms with van der Waals surface area (Å²) in [5, 5.41) is 27.4. The van der Waals surface area contributed by atoms with E-state index in [1.54, 1.807) is 0 Å². The molecule has 0 aliphatic heterocycles. The van der Waals surface area contributed by atoms with Crippen LogP contribution in [0, 0.1) is 0 Å². The molecule has 10 heteroatoms. The van der Waals surface area contributed by atoms with Crippen molar-refractivity contribution in [1.29, 1.82) is 0 Å². The van der Waals surface area contributed by atoms with E-state index in [0.717, 1.165) is 0 Å². The van der Waals surface area contributed by atoms with Crippen LogP contribution in [-0.2, 0) is 33.9 Å². The Balaban J connectivity index is -0.0000000655. The summed E-state index contributed by atoms with van der Waals surface area (Å²) in [6, 6.07) is 0. The molecule has 0 bridgehead atoms. The van der Waals surface area contributed by atoms with Crippen LogP contribution in [0.15, 0.2) is 0 Å². The number of carboxylic acids is 3. The average Bonchev–Trinajstić information content (AvgIpc) is 2.19. The summed E-state index contributed by atoms with van der Waals surface area (Å²) >= 11 is 0. The maximum Gasteiger partial charge on any atom is 3.00 e. The first-order valence-corrected chi connectivity index (χ1v) is 3.51. The topological polar surface area (TPSA) is 198 Å². The van der Waals surface area contributed by atoms with Crippen LogP contribution in [0.2, 0.25) is 0 Å². The molecule has 1 radical (unpaired) electrons. The van der Waals surface area contributed by atoms with Gasteiger partial charge < -0.3 is 46.9 Å². The molecule has 0 unspecified atom stereocenters. The summed E-state index contributed by atoms with van der Waals surface area (Å²) in [7, 11) is 0. The van der Waals surface area contributed by atoms with E-state index < -0.39 is 17.9 Å². The number of carbonyl (C=O) groups is 3. The third kappa shape index (κ3) is 75.9. The van der Waals surface area contributed by atoms with E-state index in [1.807, 2.05) is 0 Å². The molecule has 0 aromatic carbocycles. The van der Waals surface area contributed by atoms with Crippen LogP contribution >= 0.6 is 0 Å². The van der Waals surface area contributed by atoms with Gasteiger partial charge in [0.1, 0.15) is 0 Å². The normalized spacial score (nSPS) is 6.94. The second kappa shape index (κ2) is 19.5. The number of hydrogen-bond donors (Lipinski definition) is 3. The SMILES string of the molecule is NCC(=O)[O-].NCC(=O)[O-].NCC(=O)[O-].[Ru+3]. The second-order valence-electron chi connectivity index (χ2n) is 1.73. The Hall–Kier alpha value is -1.09. The Morgan fingerprint density at radius 3 is 0.750 bits per heavy atom. The Labute approximate surface area is 104 Å². The fourth-order valence-corrected chi connectivity index (χ4v) is 0. The van der Waals surface area contributed by atoms with Crippen molar-refractivity contribution in [3.8, 4) is 0 Å². The zero-order valence-electron chi connectivity index (χ0n) is 8.16. The number of aliphatic carboxylic acids is 3. The predicted molar refractivity (Wildman–Crippen MR) is 42.2 cm³/mol. The number of rotatable bonds is 3. The molecular weight excluding hydrogens is 311 g/mol. The molecule has 16 heavy (non-hydrogen) atoms. The number of nitrogens with two attached hydrogens (primary N) is 3. The van der Waals surface area contributed by atoms with Gasteiger partial charge in [0.25, 0.3) is 0 Å². The molecule has 95 valence electrons. The molecule has 6 N–H and O–H groups in total. The Morgan fingerprint density at radius 2 is 0.750 bits per heavy atom. The first kappa shape index (κ1) is 24.2. The summed E-state index contributed by atoms with van der Waals surface area (Å²) in [5.74, 6) is -3.65. The number of carbonyl (C=O) groups excluding carboxylic acids is 3. The third-order valence-corrected chi connectivity index (χ3v) is 0.500. The molecule has 0 aromatic heterocycles. The van der Waals surface area contributed by atoms with E-state index in [-0.39, 0.29) is 39.1 Å². The van der Waals surface area contributed by atoms with Gasteiger partial charge >= 0.3 is 19.5 Å². The van der Waals surface area contributed by atoms with Gasteiger partial charge in [-0.05, 0) is 0 Å². The number of hydrogen-bond acceptors (Lipinski definition) is 9. The van der Waals surface area contributed by atoms with Gasteiger partial charge in [0, 0.05) is 19.6 Å². The molecule has 0 aromatic rings. The van der Waals surface area contributed by atoms with Crippen molar-refractivity contribution in [3.05, 3.63) is 0 Å². The van der Waals surface area contributed by atoms with Crippen LogP contribution < -0.4 is 32.5 Å². The van der Waals surface area contributed by atoms with Gasteiger partial charge in [-0.3, -0.25) is 0 Å². The van der Waals surface area contributed by atoms with E-state index in [4.69, 9.17) is 29.7 Å². The first-order valence-electron chi connectivity index (χ1n) is 3.51. The van der Waals surface area contributed by atoms with Crippen LogP contribution in [0.4, 0.5) is 0 Å².